The fourth-order valence-corrected chi connectivity index (χ4v) is 3.63. The van der Waals surface area contributed by atoms with E-state index in [4.69, 9.17) is 0 Å². The van der Waals surface area contributed by atoms with Gasteiger partial charge in [0.2, 0.25) is 0 Å². The van der Waals surface area contributed by atoms with Crippen molar-refractivity contribution in [2.24, 2.45) is 7.05 Å². The summed E-state index contributed by atoms with van der Waals surface area (Å²) in [7, 11) is -1.00. The van der Waals surface area contributed by atoms with Crippen LogP contribution in [0, 0.1) is 0 Å². The van der Waals surface area contributed by atoms with E-state index in [1.54, 1.807) is 4.68 Å². The molecule has 1 aliphatic heterocycles. The Morgan fingerprint density at radius 3 is 2.71 bits per heavy atom. The van der Waals surface area contributed by atoms with Gasteiger partial charge in [0.15, 0.2) is 9.84 Å². The minimum atomic E-state index is -2.85. The van der Waals surface area contributed by atoms with E-state index in [9.17, 15) is 8.42 Å². The van der Waals surface area contributed by atoms with Gasteiger partial charge in [0.25, 0.3) is 0 Å². The quantitative estimate of drug-likeness (QED) is 0.702. The van der Waals surface area contributed by atoms with Gasteiger partial charge in [0, 0.05) is 24.7 Å². The molecule has 0 saturated heterocycles. The average molecular weight is 279 g/mol. The highest BCUT2D eigenvalue weighted by Gasteiger charge is 2.23. The molecule has 0 amide bonds. The molecule has 4 nitrogen and oxygen atoms in total. The molecular weight excluding hydrogens is 268 g/mol. The molecule has 0 aromatic carbocycles. The molecular formula is C8H11BrN2O2S. The first-order valence-electron chi connectivity index (χ1n) is 4.40. The van der Waals surface area contributed by atoms with Gasteiger partial charge in [0.1, 0.15) is 4.60 Å². The third kappa shape index (κ3) is 1.72. The SMILES string of the molecule is Cn1nc(Br)c2c1CCS(=O)(=O)CC2. The number of halogens is 1. The van der Waals surface area contributed by atoms with Crippen LogP contribution in [0.3, 0.4) is 0 Å². The summed E-state index contributed by atoms with van der Waals surface area (Å²) in [5.74, 6) is 0.482. The second kappa shape index (κ2) is 3.34. The number of fused-ring (bicyclic) bond motifs is 1. The zero-order valence-electron chi connectivity index (χ0n) is 7.83. The number of hydrogen-bond acceptors (Lipinski definition) is 3. The molecule has 2 rings (SSSR count). The molecule has 1 aliphatic rings. The summed E-state index contributed by atoms with van der Waals surface area (Å²) in [6.45, 7) is 0. The van der Waals surface area contributed by atoms with E-state index >= 15 is 0 Å². The third-order valence-electron chi connectivity index (χ3n) is 2.54. The highest BCUT2D eigenvalue weighted by Crippen LogP contribution is 2.23. The molecule has 0 saturated carbocycles. The maximum absolute atomic E-state index is 11.4. The monoisotopic (exact) mass is 278 g/mol. The summed E-state index contributed by atoms with van der Waals surface area (Å²) in [4.78, 5) is 0. The Hall–Kier alpha value is -0.360. The van der Waals surface area contributed by atoms with E-state index in [-0.39, 0.29) is 11.5 Å². The van der Waals surface area contributed by atoms with E-state index in [1.807, 2.05) is 7.05 Å². The molecule has 0 fully saturated rings. The molecule has 0 N–H and O–H groups in total. The number of sulfone groups is 1. The van der Waals surface area contributed by atoms with Crippen molar-refractivity contribution < 1.29 is 8.42 Å². The molecule has 6 heteroatoms. The second-order valence-corrected chi connectivity index (χ2v) is 6.55. The van der Waals surface area contributed by atoms with Crippen molar-refractivity contribution in [3.8, 4) is 0 Å². The summed E-state index contributed by atoms with van der Waals surface area (Å²) in [5, 5.41) is 4.22. The maximum atomic E-state index is 11.4. The highest BCUT2D eigenvalue weighted by atomic mass is 79.9. The normalized spacial score (nSPS) is 20.1. The fraction of sp³-hybridized carbons (Fsp3) is 0.625. The smallest absolute Gasteiger partial charge is 0.151 e. The first kappa shape index (κ1) is 10.2. The van der Waals surface area contributed by atoms with Crippen LogP contribution in [0.4, 0.5) is 0 Å². The van der Waals surface area contributed by atoms with Crippen molar-refractivity contribution >= 4 is 25.8 Å². The number of aryl methyl sites for hydroxylation is 1. The van der Waals surface area contributed by atoms with Crippen LogP contribution in [0.5, 0.6) is 0 Å². The molecule has 0 atom stereocenters. The minimum Gasteiger partial charge on any atom is -0.271 e. The lowest BCUT2D eigenvalue weighted by molar-refractivity contribution is 0.595. The summed E-state index contributed by atoms with van der Waals surface area (Å²) in [5.41, 5.74) is 2.09. The third-order valence-corrected chi connectivity index (χ3v) is 4.83. The van der Waals surface area contributed by atoms with Crippen LogP contribution in [0.25, 0.3) is 0 Å². The van der Waals surface area contributed by atoms with E-state index < -0.39 is 9.84 Å². The van der Waals surface area contributed by atoms with Crippen LogP contribution in [-0.2, 0) is 29.7 Å². The van der Waals surface area contributed by atoms with Gasteiger partial charge in [-0.1, -0.05) is 0 Å². The Kier molecular flexibility index (Phi) is 2.43. The van der Waals surface area contributed by atoms with Crippen molar-refractivity contribution in [1.82, 2.24) is 9.78 Å². The van der Waals surface area contributed by atoms with Gasteiger partial charge < -0.3 is 0 Å². The zero-order valence-corrected chi connectivity index (χ0v) is 10.2. The molecule has 0 unspecified atom stereocenters. The predicted molar refractivity (Wildman–Crippen MR) is 57.0 cm³/mol. The first-order chi connectivity index (χ1) is 6.49. The fourth-order valence-electron chi connectivity index (χ4n) is 1.74. The lowest BCUT2D eigenvalue weighted by Crippen LogP contribution is -2.11. The molecule has 2 heterocycles. The molecule has 14 heavy (non-hydrogen) atoms. The van der Waals surface area contributed by atoms with Gasteiger partial charge in [-0.3, -0.25) is 4.68 Å². The predicted octanol–water partition coefficient (Wildman–Crippen LogP) is 0.696. The van der Waals surface area contributed by atoms with Crippen LogP contribution in [-0.4, -0.2) is 29.7 Å². The van der Waals surface area contributed by atoms with Crippen molar-refractivity contribution in [1.29, 1.82) is 0 Å². The van der Waals surface area contributed by atoms with Crippen LogP contribution in [0.1, 0.15) is 11.3 Å². The zero-order chi connectivity index (χ0) is 10.3. The van der Waals surface area contributed by atoms with Crippen molar-refractivity contribution in [3.63, 3.8) is 0 Å². The maximum Gasteiger partial charge on any atom is 0.151 e. The van der Waals surface area contributed by atoms with Crippen molar-refractivity contribution in [2.45, 2.75) is 12.8 Å². The highest BCUT2D eigenvalue weighted by molar-refractivity contribution is 9.10. The second-order valence-electron chi connectivity index (χ2n) is 3.49. The summed E-state index contributed by atoms with van der Waals surface area (Å²) in [6.07, 6.45) is 1.15. The Morgan fingerprint density at radius 1 is 1.36 bits per heavy atom. The molecule has 1 aromatic rings. The molecule has 78 valence electrons. The van der Waals surface area contributed by atoms with E-state index in [2.05, 4.69) is 21.0 Å². The van der Waals surface area contributed by atoms with Crippen LogP contribution in [0.2, 0.25) is 0 Å². The molecule has 1 aromatic heterocycles. The molecule has 0 bridgehead atoms. The molecule has 0 radical (unpaired) electrons. The van der Waals surface area contributed by atoms with Gasteiger partial charge in [-0.15, -0.1) is 0 Å². The lowest BCUT2D eigenvalue weighted by atomic mass is 10.2. The standard InChI is InChI=1S/C8H11BrN2O2S/c1-11-7-3-5-14(12,13)4-2-6(7)8(9)10-11/h2-5H2,1H3. The van der Waals surface area contributed by atoms with E-state index in [0.29, 0.717) is 12.8 Å². The van der Waals surface area contributed by atoms with Crippen molar-refractivity contribution in [2.75, 3.05) is 11.5 Å². The van der Waals surface area contributed by atoms with Crippen molar-refractivity contribution in [3.05, 3.63) is 15.9 Å². The van der Waals surface area contributed by atoms with Crippen LogP contribution in [0.15, 0.2) is 4.60 Å². The number of rotatable bonds is 0. The number of hydrogen-bond donors (Lipinski definition) is 0. The number of aromatic nitrogens is 2. The van der Waals surface area contributed by atoms with Gasteiger partial charge in [-0.2, -0.15) is 5.10 Å². The van der Waals surface area contributed by atoms with Gasteiger partial charge in [-0.25, -0.2) is 8.42 Å². The van der Waals surface area contributed by atoms with Gasteiger partial charge >= 0.3 is 0 Å². The van der Waals surface area contributed by atoms with E-state index in [1.165, 1.54) is 0 Å². The summed E-state index contributed by atoms with van der Waals surface area (Å²) in [6, 6.07) is 0. The summed E-state index contributed by atoms with van der Waals surface area (Å²) >= 11 is 3.35. The molecule has 0 spiro atoms. The lowest BCUT2D eigenvalue weighted by Gasteiger charge is -1.99. The minimum absolute atomic E-state index is 0.240. The topological polar surface area (TPSA) is 52.0 Å². The average Bonchev–Trinajstić information content (AvgIpc) is 2.26. The van der Waals surface area contributed by atoms with Crippen LogP contribution >= 0.6 is 15.9 Å². The van der Waals surface area contributed by atoms with Gasteiger partial charge in [0.05, 0.1) is 11.5 Å². The van der Waals surface area contributed by atoms with E-state index in [0.717, 1.165) is 15.9 Å². The Labute approximate surface area is 91.4 Å². The Bertz CT molecular complexity index is 429. The summed E-state index contributed by atoms with van der Waals surface area (Å²) < 4.78 is 25.4. The van der Waals surface area contributed by atoms with Gasteiger partial charge in [-0.05, 0) is 22.4 Å². The van der Waals surface area contributed by atoms with Crippen LogP contribution < -0.4 is 0 Å². The number of nitrogens with zero attached hydrogens (tertiary/aromatic N) is 2. The Balaban J connectivity index is 2.45. The first-order valence-corrected chi connectivity index (χ1v) is 7.02. The Morgan fingerprint density at radius 2 is 2.00 bits per heavy atom. The molecule has 0 aliphatic carbocycles. The largest absolute Gasteiger partial charge is 0.271 e.